The Morgan fingerprint density at radius 1 is 1.47 bits per heavy atom. The third kappa shape index (κ3) is 3.30. The van der Waals surface area contributed by atoms with Crippen LogP contribution in [0, 0.1) is 0 Å². The first-order valence-corrected chi connectivity index (χ1v) is 5.39. The molecule has 0 spiro atoms. The SMILES string of the molecule is CC(C)Oc1ccc(C(F)C=O)cc1Br. The number of rotatable bonds is 4. The van der Waals surface area contributed by atoms with Crippen molar-refractivity contribution in [2.24, 2.45) is 0 Å². The van der Waals surface area contributed by atoms with Crippen LogP contribution >= 0.6 is 15.9 Å². The molecule has 1 rings (SSSR count). The molecule has 0 aliphatic carbocycles. The average Bonchev–Trinajstić information content (AvgIpc) is 2.19. The summed E-state index contributed by atoms with van der Waals surface area (Å²) in [6, 6.07) is 4.74. The number of hydrogen-bond acceptors (Lipinski definition) is 2. The molecule has 0 saturated carbocycles. The Kier molecular flexibility index (Phi) is 4.27. The van der Waals surface area contributed by atoms with E-state index in [4.69, 9.17) is 4.74 Å². The molecule has 0 aliphatic rings. The molecular weight excluding hydrogens is 263 g/mol. The number of halogens is 2. The number of ether oxygens (including phenoxy) is 1. The van der Waals surface area contributed by atoms with E-state index in [0.29, 0.717) is 15.8 Å². The van der Waals surface area contributed by atoms with Gasteiger partial charge in [0.05, 0.1) is 10.6 Å². The highest BCUT2D eigenvalue weighted by atomic mass is 79.9. The van der Waals surface area contributed by atoms with Gasteiger partial charge in [-0.15, -0.1) is 0 Å². The maximum absolute atomic E-state index is 13.0. The van der Waals surface area contributed by atoms with Crippen molar-refractivity contribution in [1.29, 1.82) is 0 Å². The van der Waals surface area contributed by atoms with Crippen LogP contribution in [0.25, 0.3) is 0 Å². The van der Waals surface area contributed by atoms with Crippen LogP contribution < -0.4 is 4.74 Å². The smallest absolute Gasteiger partial charge is 0.180 e. The van der Waals surface area contributed by atoms with E-state index in [2.05, 4.69) is 15.9 Å². The van der Waals surface area contributed by atoms with E-state index in [0.717, 1.165) is 0 Å². The molecule has 4 heteroatoms. The fraction of sp³-hybridized carbons (Fsp3) is 0.364. The van der Waals surface area contributed by atoms with E-state index < -0.39 is 6.17 Å². The Morgan fingerprint density at radius 2 is 2.13 bits per heavy atom. The van der Waals surface area contributed by atoms with Crippen molar-refractivity contribution in [3.8, 4) is 5.75 Å². The van der Waals surface area contributed by atoms with E-state index in [1.807, 2.05) is 13.8 Å². The molecule has 0 radical (unpaired) electrons. The van der Waals surface area contributed by atoms with E-state index in [1.54, 1.807) is 18.2 Å². The van der Waals surface area contributed by atoms with Crippen LogP contribution in [0.3, 0.4) is 0 Å². The summed E-state index contributed by atoms with van der Waals surface area (Å²) < 4.78 is 19.1. The molecule has 0 heterocycles. The Hall–Kier alpha value is -0.900. The third-order valence-electron chi connectivity index (χ3n) is 1.76. The molecule has 82 valence electrons. The lowest BCUT2D eigenvalue weighted by molar-refractivity contribution is -0.112. The molecule has 15 heavy (non-hydrogen) atoms. The Bertz CT molecular complexity index is 352. The van der Waals surface area contributed by atoms with Gasteiger partial charge in [-0.1, -0.05) is 6.07 Å². The first-order valence-electron chi connectivity index (χ1n) is 4.60. The lowest BCUT2D eigenvalue weighted by Crippen LogP contribution is -2.06. The zero-order valence-corrected chi connectivity index (χ0v) is 10.1. The molecule has 0 amide bonds. The quantitative estimate of drug-likeness (QED) is 0.787. The molecule has 0 aliphatic heterocycles. The molecule has 0 N–H and O–H groups in total. The van der Waals surface area contributed by atoms with Gasteiger partial charge in [0.1, 0.15) is 5.75 Å². The van der Waals surface area contributed by atoms with Gasteiger partial charge < -0.3 is 4.74 Å². The van der Waals surface area contributed by atoms with Crippen molar-refractivity contribution in [2.45, 2.75) is 26.1 Å². The molecule has 0 aromatic heterocycles. The van der Waals surface area contributed by atoms with Crippen LogP contribution in [0.1, 0.15) is 25.6 Å². The predicted octanol–water partition coefficient (Wildman–Crippen LogP) is 3.45. The molecule has 0 fully saturated rings. The summed E-state index contributed by atoms with van der Waals surface area (Å²) in [7, 11) is 0. The first kappa shape index (κ1) is 12.2. The summed E-state index contributed by atoms with van der Waals surface area (Å²) in [6.07, 6.45) is -1.25. The van der Waals surface area contributed by atoms with Crippen molar-refractivity contribution >= 4 is 22.2 Å². The van der Waals surface area contributed by atoms with Crippen molar-refractivity contribution in [3.63, 3.8) is 0 Å². The minimum Gasteiger partial charge on any atom is -0.490 e. The topological polar surface area (TPSA) is 26.3 Å². The zero-order valence-electron chi connectivity index (χ0n) is 8.54. The molecule has 1 aromatic carbocycles. The zero-order chi connectivity index (χ0) is 11.4. The van der Waals surface area contributed by atoms with Gasteiger partial charge in [0.2, 0.25) is 0 Å². The predicted molar refractivity (Wildman–Crippen MR) is 59.8 cm³/mol. The van der Waals surface area contributed by atoms with Gasteiger partial charge in [-0.25, -0.2) is 4.39 Å². The van der Waals surface area contributed by atoms with Gasteiger partial charge in [0.25, 0.3) is 0 Å². The summed E-state index contributed by atoms with van der Waals surface area (Å²) in [6.45, 7) is 3.81. The highest BCUT2D eigenvalue weighted by Gasteiger charge is 2.11. The van der Waals surface area contributed by atoms with Gasteiger partial charge in [0, 0.05) is 0 Å². The van der Waals surface area contributed by atoms with Crippen molar-refractivity contribution in [3.05, 3.63) is 28.2 Å². The highest BCUT2D eigenvalue weighted by molar-refractivity contribution is 9.10. The summed E-state index contributed by atoms with van der Waals surface area (Å²) in [5, 5.41) is 0. The van der Waals surface area contributed by atoms with E-state index in [-0.39, 0.29) is 12.4 Å². The lowest BCUT2D eigenvalue weighted by atomic mass is 10.1. The molecule has 1 unspecified atom stereocenters. The summed E-state index contributed by atoms with van der Waals surface area (Å²) in [5.74, 6) is 0.645. The van der Waals surface area contributed by atoms with Crippen LogP contribution in [-0.2, 0) is 4.79 Å². The highest BCUT2D eigenvalue weighted by Crippen LogP contribution is 2.29. The molecular formula is C11H12BrFO2. The second-order valence-corrected chi connectivity index (χ2v) is 4.25. The molecule has 2 nitrogen and oxygen atoms in total. The number of carbonyl (C=O) groups excluding carboxylic acids is 1. The van der Waals surface area contributed by atoms with Crippen molar-refractivity contribution < 1.29 is 13.9 Å². The minimum absolute atomic E-state index is 0.0550. The van der Waals surface area contributed by atoms with Crippen LogP contribution in [0.2, 0.25) is 0 Å². The summed E-state index contributed by atoms with van der Waals surface area (Å²) in [4.78, 5) is 10.3. The second-order valence-electron chi connectivity index (χ2n) is 3.39. The molecule has 0 bridgehead atoms. The fourth-order valence-electron chi connectivity index (χ4n) is 1.12. The van der Waals surface area contributed by atoms with Gasteiger partial charge in [-0.05, 0) is 47.5 Å². The monoisotopic (exact) mass is 274 g/mol. The van der Waals surface area contributed by atoms with Crippen LogP contribution in [0.4, 0.5) is 4.39 Å². The molecule has 0 saturated heterocycles. The van der Waals surface area contributed by atoms with Crippen molar-refractivity contribution in [1.82, 2.24) is 0 Å². The maximum atomic E-state index is 13.0. The number of alkyl halides is 1. The number of hydrogen-bond donors (Lipinski definition) is 0. The van der Waals surface area contributed by atoms with Crippen LogP contribution in [0.5, 0.6) is 5.75 Å². The maximum Gasteiger partial charge on any atom is 0.180 e. The Morgan fingerprint density at radius 3 is 2.60 bits per heavy atom. The number of benzene rings is 1. The van der Waals surface area contributed by atoms with E-state index >= 15 is 0 Å². The lowest BCUT2D eigenvalue weighted by Gasteiger charge is -2.12. The number of carbonyl (C=O) groups is 1. The summed E-state index contributed by atoms with van der Waals surface area (Å²) >= 11 is 3.27. The van der Waals surface area contributed by atoms with E-state index in [1.165, 1.54) is 0 Å². The average molecular weight is 275 g/mol. The second kappa shape index (κ2) is 5.26. The van der Waals surface area contributed by atoms with Crippen molar-refractivity contribution in [2.75, 3.05) is 0 Å². The molecule has 1 atom stereocenters. The Balaban J connectivity index is 2.92. The number of aldehydes is 1. The first-order chi connectivity index (χ1) is 7.04. The van der Waals surface area contributed by atoms with E-state index in [9.17, 15) is 9.18 Å². The van der Waals surface area contributed by atoms with Gasteiger partial charge >= 0.3 is 0 Å². The fourth-order valence-corrected chi connectivity index (χ4v) is 1.61. The van der Waals surface area contributed by atoms with Gasteiger partial charge in [0.15, 0.2) is 12.5 Å². The minimum atomic E-state index is -1.57. The normalized spacial score (nSPS) is 12.6. The molecule has 1 aromatic rings. The van der Waals surface area contributed by atoms with Crippen LogP contribution in [-0.4, -0.2) is 12.4 Å². The standard InChI is InChI=1S/C11H12BrFO2/c1-7(2)15-11-4-3-8(5-9(11)12)10(13)6-14/h3-7,10H,1-2H3. The van der Waals surface area contributed by atoms with Gasteiger partial charge in [-0.3, -0.25) is 4.79 Å². The largest absolute Gasteiger partial charge is 0.490 e. The van der Waals surface area contributed by atoms with Gasteiger partial charge in [-0.2, -0.15) is 0 Å². The third-order valence-corrected chi connectivity index (χ3v) is 2.38. The summed E-state index contributed by atoms with van der Waals surface area (Å²) in [5.41, 5.74) is 0.327. The Labute approximate surface area is 96.6 Å². The van der Waals surface area contributed by atoms with Crippen LogP contribution in [0.15, 0.2) is 22.7 Å².